The topological polar surface area (TPSA) is 95.0 Å². The molecule has 1 N–H and O–H groups in total. The lowest BCUT2D eigenvalue weighted by Gasteiger charge is -2.24. The molecule has 192 valence electrons. The zero-order valence-electron chi connectivity index (χ0n) is 20.5. The molecule has 8 heteroatoms. The summed E-state index contributed by atoms with van der Waals surface area (Å²) in [6, 6.07) is 31.3. The fraction of sp³-hybridized carbons (Fsp3) is 0.133. The molecule has 5 rings (SSSR count). The highest BCUT2D eigenvalue weighted by atomic mass is 32.2. The van der Waals surface area contributed by atoms with Crippen molar-refractivity contribution in [2.75, 3.05) is 11.4 Å². The van der Waals surface area contributed by atoms with Crippen molar-refractivity contribution >= 4 is 27.7 Å². The molecule has 0 radical (unpaired) electrons. The predicted octanol–water partition coefficient (Wildman–Crippen LogP) is 5.74. The molecule has 1 aliphatic rings. The van der Waals surface area contributed by atoms with Crippen molar-refractivity contribution in [2.45, 2.75) is 23.8 Å². The van der Waals surface area contributed by atoms with E-state index in [4.69, 9.17) is 5.11 Å². The van der Waals surface area contributed by atoms with Gasteiger partial charge in [0.15, 0.2) is 0 Å². The fourth-order valence-electron chi connectivity index (χ4n) is 4.67. The van der Waals surface area contributed by atoms with E-state index in [1.165, 1.54) is 17.0 Å². The SMILES string of the molecule is O=C(O)CCc1ccc(-c2cccc(C3CN(S(=O)(=O)c4ccccc4)C(=O)N3c3ccccc3)c2)cc1. The van der Waals surface area contributed by atoms with E-state index in [9.17, 15) is 18.0 Å². The van der Waals surface area contributed by atoms with Gasteiger partial charge in [-0.1, -0.05) is 78.9 Å². The second kappa shape index (κ2) is 10.5. The first-order valence-electron chi connectivity index (χ1n) is 12.2. The summed E-state index contributed by atoms with van der Waals surface area (Å²) in [5.74, 6) is -0.834. The molecule has 0 aliphatic carbocycles. The first kappa shape index (κ1) is 25.2. The molecule has 1 aliphatic heterocycles. The van der Waals surface area contributed by atoms with Gasteiger partial charge in [0.1, 0.15) is 0 Å². The van der Waals surface area contributed by atoms with Gasteiger partial charge < -0.3 is 5.11 Å². The highest BCUT2D eigenvalue weighted by molar-refractivity contribution is 7.89. The Kier molecular flexibility index (Phi) is 6.98. The molecule has 0 aromatic heterocycles. The number of carbonyl (C=O) groups excluding carboxylic acids is 1. The van der Waals surface area contributed by atoms with E-state index in [0.29, 0.717) is 12.1 Å². The highest BCUT2D eigenvalue weighted by Crippen LogP contribution is 2.38. The van der Waals surface area contributed by atoms with Crippen molar-refractivity contribution in [3.05, 3.63) is 120 Å². The Balaban J connectivity index is 1.50. The number of amides is 2. The number of nitrogens with zero attached hydrogens (tertiary/aromatic N) is 2. The minimum atomic E-state index is -4.05. The van der Waals surface area contributed by atoms with E-state index < -0.39 is 28.1 Å². The Morgan fingerprint density at radius 2 is 1.47 bits per heavy atom. The van der Waals surface area contributed by atoms with Crippen LogP contribution in [0.15, 0.2) is 114 Å². The van der Waals surface area contributed by atoms with Gasteiger partial charge >= 0.3 is 12.0 Å². The number of rotatable bonds is 8. The van der Waals surface area contributed by atoms with Gasteiger partial charge in [-0.3, -0.25) is 9.69 Å². The van der Waals surface area contributed by atoms with Crippen LogP contribution < -0.4 is 4.90 Å². The van der Waals surface area contributed by atoms with Crippen molar-refractivity contribution in [1.29, 1.82) is 0 Å². The van der Waals surface area contributed by atoms with Gasteiger partial charge in [-0.25, -0.2) is 17.5 Å². The van der Waals surface area contributed by atoms with Crippen molar-refractivity contribution in [2.24, 2.45) is 0 Å². The summed E-state index contributed by atoms with van der Waals surface area (Å²) in [7, 11) is -4.05. The van der Waals surface area contributed by atoms with Gasteiger partial charge in [-0.2, -0.15) is 0 Å². The third-order valence-corrected chi connectivity index (χ3v) is 8.38. The number of aryl methyl sites for hydroxylation is 1. The summed E-state index contributed by atoms with van der Waals surface area (Å²) < 4.78 is 27.9. The molecule has 4 aromatic rings. The van der Waals surface area contributed by atoms with Gasteiger partial charge in [0.05, 0.1) is 17.5 Å². The van der Waals surface area contributed by atoms with E-state index in [-0.39, 0.29) is 17.9 Å². The molecule has 1 atom stereocenters. The second-order valence-corrected chi connectivity index (χ2v) is 10.9. The normalized spacial score (nSPS) is 15.6. The van der Waals surface area contributed by atoms with E-state index in [0.717, 1.165) is 26.6 Å². The van der Waals surface area contributed by atoms with Gasteiger partial charge in [-0.15, -0.1) is 0 Å². The molecule has 0 spiro atoms. The molecule has 7 nitrogen and oxygen atoms in total. The molecule has 0 bridgehead atoms. The third-order valence-electron chi connectivity index (χ3n) is 6.62. The van der Waals surface area contributed by atoms with Gasteiger partial charge in [0.25, 0.3) is 10.0 Å². The Morgan fingerprint density at radius 1 is 0.816 bits per heavy atom. The van der Waals surface area contributed by atoms with Crippen LogP contribution >= 0.6 is 0 Å². The van der Waals surface area contributed by atoms with Crippen LogP contribution in [0.4, 0.5) is 10.5 Å². The lowest BCUT2D eigenvalue weighted by atomic mass is 9.97. The maximum absolute atomic E-state index is 13.6. The van der Waals surface area contributed by atoms with Crippen LogP contribution in [0.1, 0.15) is 23.6 Å². The van der Waals surface area contributed by atoms with Crippen LogP contribution in [-0.4, -0.2) is 36.4 Å². The van der Waals surface area contributed by atoms with Crippen molar-refractivity contribution in [3.63, 3.8) is 0 Å². The Labute approximate surface area is 221 Å². The number of anilines is 1. The average molecular weight is 527 g/mol. The Morgan fingerprint density at radius 3 is 2.13 bits per heavy atom. The zero-order chi connectivity index (χ0) is 26.7. The summed E-state index contributed by atoms with van der Waals surface area (Å²) in [5, 5.41) is 8.93. The quantitative estimate of drug-likeness (QED) is 0.316. The van der Waals surface area contributed by atoms with Crippen molar-refractivity contribution in [1.82, 2.24) is 4.31 Å². The molecule has 1 saturated heterocycles. The van der Waals surface area contributed by atoms with E-state index in [1.54, 1.807) is 30.3 Å². The average Bonchev–Trinajstić information content (AvgIpc) is 3.31. The summed E-state index contributed by atoms with van der Waals surface area (Å²) in [6.45, 7) is -0.0253. The standard InChI is InChI=1S/C30H26N2O5S/c33-29(34)19-16-22-14-17-23(18-15-22)24-8-7-9-25(20-24)28-21-31(38(36,37)27-12-5-2-6-13-27)30(35)32(28)26-10-3-1-4-11-26/h1-15,17-18,20,28H,16,19,21H2,(H,33,34). The molecule has 1 fully saturated rings. The smallest absolute Gasteiger partial charge is 0.339 e. The number of hydrogen-bond acceptors (Lipinski definition) is 4. The lowest BCUT2D eigenvalue weighted by Crippen LogP contribution is -2.36. The molecule has 2 amide bonds. The van der Waals surface area contributed by atoms with Crippen molar-refractivity contribution < 1.29 is 23.1 Å². The monoisotopic (exact) mass is 526 g/mol. The first-order valence-corrected chi connectivity index (χ1v) is 13.7. The fourth-order valence-corrected chi connectivity index (χ4v) is 6.05. The number of carboxylic acids is 1. The van der Waals surface area contributed by atoms with Gasteiger partial charge in [-0.05, 0) is 59.0 Å². The molecule has 0 saturated carbocycles. The summed E-state index contributed by atoms with van der Waals surface area (Å²) in [4.78, 5) is 26.1. The number of benzene rings is 4. The van der Waals surface area contributed by atoms with Crippen LogP contribution in [0.2, 0.25) is 0 Å². The number of urea groups is 1. The zero-order valence-corrected chi connectivity index (χ0v) is 21.3. The van der Waals surface area contributed by atoms with Gasteiger partial charge in [0.2, 0.25) is 0 Å². The Hall–Kier alpha value is -4.43. The minimum Gasteiger partial charge on any atom is -0.481 e. The molecular weight excluding hydrogens is 500 g/mol. The van der Waals surface area contributed by atoms with Crippen LogP contribution in [0.3, 0.4) is 0 Å². The second-order valence-electron chi connectivity index (χ2n) is 9.07. The van der Waals surface area contributed by atoms with E-state index in [2.05, 4.69) is 0 Å². The molecule has 4 aromatic carbocycles. The van der Waals surface area contributed by atoms with E-state index in [1.807, 2.05) is 66.7 Å². The first-order chi connectivity index (χ1) is 18.3. The summed E-state index contributed by atoms with van der Waals surface area (Å²) in [6.07, 6.45) is 0.528. The largest absolute Gasteiger partial charge is 0.481 e. The van der Waals surface area contributed by atoms with Crippen LogP contribution in [-0.2, 0) is 21.2 Å². The molecule has 38 heavy (non-hydrogen) atoms. The number of carbonyl (C=O) groups is 2. The number of aliphatic carboxylic acids is 1. The summed E-state index contributed by atoms with van der Waals surface area (Å²) >= 11 is 0. The molecule has 1 heterocycles. The maximum Gasteiger partial charge on any atom is 0.339 e. The summed E-state index contributed by atoms with van der Waals surface area (Å²) in [5.41, 5.74) is 4.21. The van der Waals surface area contributed by atoms with Crippen molar-refractivity contribution in [3.8, 4) is 11.1 Å². The number of sulfonamides is 1. The van der Waals surface area contributed by atoms with Crippen LogP contribution in [0, 0.1) is 0 Å². The third kappa shape index (κ3) is 5.03. The van der Waals surface area contributed by atoms with E-state index >= 15 is 0 Å². The lowest BCUT2D eigenvalue weighted by molar-refractivity contribution is -0.136. The highest BCUT2D eigenvalue weighted by Gasteiger charge is 2.45. The van der Waals surface area contributed by atoms with Crippen LogP contribution in [0.25, 0.3) is 11.1 Å². The van der Waals surface area contributed by atoms with Gasteiger partial charge in [0, 0.05) is 12.1 Å². The Bertz CT molecular complexity index is 1560. The number of para-hydroxylation sites is 1. The van der Waals surface area contributed by atoms with Crippen LogP contribution in [0.5, 0.6) is 0 Å². The maximum atomic E-state index is 13.6. The number of carboxylic acid groups (broad SMARTS) is 1. The number of hydrogen-bond donors (Lipinski definition) is 1. The predicted molar refractivity (Wildman–Crippen MR) is 145 cm³/mol. The molecule has 1 unspecified atom stereocenters. The molecular formula is C30H26N2O5S. The minimum absolute atomic E-state index is 0.0253.